The monoisotopic (exact) mass is 364 g/mol. The molecule has 0 spiro atoms. The molecule has 0 bridgehead atoms. The molecule has 1 aromatic heterocycles. The van der Waals surface area contributed by atoms with E-state index < -0.39 is 0 Å². The molecule has 2 heterocycles. The first kappa shape index (κ1) is 16.9. The van der Waals surface area contributed by atoms with Crippen LogP contribution in [0.1, 0.15) is 24.4 Å². The molecule has 1 saturated heterocycles. The van der Waals surface area contributed by atoms with Crippen LogP contribution in [0.5, 0.6) is 0 Å². The molecule has 132 valence electrons. The van der Waals surface area contributed by atoms with E-state index in [0.29, 0.717) is 5.13 Å². The van der Waals surface area contributed by atoms with Crippen LogP contribution in [-0.4, -0.2) is 34.1 Å². The second-order valence-corrected chi connectivity index (χ2v) is 7.30. The largest absolute Gasteiger partial charge is 0.299 e. The van der Waals surface area contributed by atoms with Gasteiger partial charge in [-0.15, -0.1) is 10.2 Å². The first-order valence-electron chi connectivity index (χ1n) is 8.80. The molecule has 0 aliphatic carbocycles. The average Bonchev–Trinajstić information content (AvgIpc) is 3.36. The van der Waals surface area contributed by atoms with Crippen molar-refractivity contribution < 1.29 is 4.79 Å². The molecule has 6 heteroatoms. The Morgan fingerprint density at radius 2 is 1.62 bits per heavy atom. The van der Waals surface area contributed by atoms with Crippen LogP contribution >= 0.6 is 11.3 Å². The lowest BCUT2D eigenvalue weighted by Crippen LogP contribution is -2.35. The molecular formula is C20H20N4OS. The molecule has 1 fully saturated rings. The molecule has 1 atom stereocenters. The second-order valence-electron chi connectivity index (χ2n) is 6.32. The molecule has 3 aromatic rings. The summed E-state index contributed by atoms with van der Waals surface area (Å²) >= 11 is 1.40. The van der Waals surface area contributed by atoms with Gasteiger partial charge in [-0.2, -0.15) is 0 Å². The molecule has 0 saturated carbocycles. The first-order chi connectivity index (χ1) is 12.8. The predicted molar refractivity (Wildman–Crippen MR) is 104 cm³/mol. The minimum absolute atomic E-state index is 0.0474. The van der Waals surface area contributed by atoms with E-state index in [-0.39, 0.29) is 11.9 Å². The molecular weight excluding hydrogens is 344 g/mol. The van der Waals surface area contributed by atoms with Crippen LogP contribution in [0.15, 0.2) is 60.7 Å². The number of hydrogen-bond acceptors (Lipinski definition) is 5. The molecule has 1 aliphatic heterocycles. The predicted octanol–water partition coefficient (Wildman–Crippen LogP) is 3.98. The number of carbonyl (C=O) groups excluding carboxylic acids is 1. The third kappa shape index (κ3) is 3.66. The maximum absolute atomic E-state index is 13.0. The summed E-state index contributed by atoms with van der Waals surface area (Å²) in [5.74, 6) is -0.0474. The minimum atomic E-state index is -0.289. The maximum Gasteiger partial charge on any atom is 0.248 e. The fourth-order valence-electron chi connectivity index (χ4n) is 3.31. The SMILES string of the molecule is O=C(Nc1nnc(-c2ccccc2)s1)C(c1ccccc1)N1CCCC1. The molecule has 1 N–H and O–H groups in total. The summed E-state index contributed by atoms with van der Waals surface area (Å²) in [4.78, 5) is 15.3. The second kappa shape index (κ2) is 7.76. The standard InChI is InChI=1S/C20H20N4OS/c25-18(17(24-13-7-8-14-24)15-9-3-1-4-10-15)21-20-23-22-19(26-20)16-11-5-2-6-12-16/h1-6,9-12,17H,7-8,13-14H2,(H,21,23,25). The zero-order valence-corrected chi connectivity index (χ0v) is 15.2. The number of nitrogens with zero attached hydrogens (tertiary/aromatic N) is 3. The Kier molecular flexibility index (Phi) is 5.04. The zero-order valence-electron chi connectivity index (χ0n) is 14.3. The number of benzene rings is 2. The number of rotatable bonds is 5. The maximum atomic E-state index is 13.0. The Morgan fingerprint density at radius 1 is 0.962 bits per heavy atom. The van der Waals surface area contributed by atoms with Crippen molar-refractivity contribution in [3.05, 3.63) is 66.2 Å². The highest BCUT2D eigenvalue weighted by molar-refractivity contribution is 7.18. The van der Waals surface area contributed by atoms with E-state index in [1.54, 1.807) is 0 Å². The molecule has 0 radical (unpaired) electrons. The van der Waals surface area contributed by atoms with Gasteiger partial charge in [-0.25, -0.2) is 0 Å². The molecule has 4 rings (SSSR count). The highest BCUT2D eigenvalue weighted by atomic mass is 32.1. The van der Waals surface area contributed by atoms with E-state index in [2.05, 4.69) is 20.4 Å². The van der Waals surface area contributed by atoms with Crippen molar-refractivity contribution >= 4 is 22.4 Å². The summed E-state index contributed by atoms with van der Waals surface area (Å²) < 4.78 is 0. The summed E-state index contributed by atoms with van der Waals surface area (Å²) in [6.07, 6.45) is 2.27. The molecule has 2 aromatic carbocycles. The van der Waals surface area contributed by atoms with Crippen LogP contribution < -0.4 is 5.32 Å². The highest BCUT2D eigenvalue weighted by Crippen LogP contribution is 2.29. The zero-order chi connectivity index (χ0) is 17.8. The van der Waals surface area contributed by atoms with Gasteiger partial charge in [-0.05, 0) is 31.5 Å². The smallest absolute Gasteiger partial charge is 0.248 e. The van der Waals surface area contributed by atoms with Crippen molar-refractivity contribution in [2.75, 3.05) is 18.4 Å². The van der Waals surface area contributed by atoms with Gasteiger partial charge in [0.05, 0.1) is 0 Å². The van der Waals surface area contributed by atoms with Gasteiger partial charge in [-0.3, -0.25) is 15.0 Å². The van der Waals surface area contributed by atoms with Crippen LogP contribution in [0.25, 0.3) is 10.6 Å². The van der Waals surface area contributed by atoms with E-state index in [1.165, 1.54) is 11.3 Å². The Hall–Kier alpha value is -2.57. The number of carbonyl (C=O) groups is 1. The fourth-order valence-corrected chi connectivity index (χ4v) is 4.06. The lowest BCUT2D eigenvalue weighted by Gasteiger charge is -2.26. The van der Waals surface area contributed by atoms with Gasteiger partial charge in [-0.1, -0.05) is 72.0 Å². The topological polar surface area (TPSA) is 58.1 Å². The van der Waals surface area contributed by atoms with Crippen molar-refractivity contribution in [1.82, 2.24) is 15.1 Å². The summed E-state index contributed by atoms with van der Waals surface area (Å²) in [6, 6.07) is 19.5. The van der Waals surface area contributed by atoms with E-state index >= 15 is 0 Å². The summed E-state index contributed by atoms with van der Waals surface area (Å²) in [7, 11) is 0. The Labute approximate surface area is 156 Å². The number of anilines is 1. The van der Waals surface area contributed by atoms with Gasteiger partial charge >= 0.3 is 0 Å². The minimum Gasteiger partial charge on any atom is -0.299 e. The number of likely N-dealkylation sites (tertiary alicyclic amines) is 1. The Balaban J connectivity index is 1.54. The van der Waals surface area contributed by atoms with Gasteiger partial charge in [0.2, 0.25) is 11.0 Å². The van der Waals surface area contributed by atoms with Crippen molar-refractivity contribution in [2.24, 2.45) is 0 Å². The highest BCUT2D eigenvalue weighted by Gasteiger charge is 2.30. The summed E-state index contributed by atoms with van der Waals surface area (Å²) in [5, 5.41) is 12.7. The van der Waals surface area contributed by atoms with E-state index in [4.69, 9.17) is 0 Å². The van der Waals surface area contributed by atoms with Crippen LogP contribution in [0.3, 0.4) is 0 Å². The number of hydrogen-bond donors (Lipinski definition) is 1. The van der Waals surface area contributed by atoms with Gasteiger partial charge in [0.1, 0.15) is 11.0 Å². The van der Waals surface area contributed by atoms with Crippen LogP contribution in [-0.2, 0) is 4.79 Å². The fraction of sp³-hybridized carbons (Fsp3) is 0.250. The van der Waals surface area contributed by atoms with Gasteiger partial charge in [0.25, 0.3) is 0 Å². The lowest BCUT2D eigenvalue weighted by molar-refractivity contribution is -0.121. The van der Waals surface area contributed by atoms with E-state index in [0.717, 1.165) is 42.1 Å². The molecule has 26 heavy (non-hydrogen) atoms. The third-order valence-corrected chi connectivity index (χ3v) is 5.43. The van der Waals surface area contributed by atoms with Crippen molar-refractivity contribution in [2.45, 2.75) is 18.9 Å². The average molecular weight is 364 g/mol. The van der Waals surface area contributed by atoms with Crippen LogP contribution in [0.2, 0.25) is 0 Å². The Bertz CT molecular complexity index is 860. The number of amides is 1. The van der Waals surface area contributed by atoms with Crippen molar-refractivity contribution in [3.63, 3.8) is 0 Å². The number of aromatic nitrogens is 2. The lowest BCUT2D eigenvalue weighted by atomic mass is 10.1. The van der Waals surface area contributed by atoms with Crippen LogP contribution in [0, 0.1) is 0 Å². The summed E-state index contributed by atoms with van der Waals surface area (Å²) in [5.41, 5.74) is 2.02. The quantitative estimate of drug-likeness (QED) is 0.744. The van der Waals surface area contributed by atoms with Crippen molar-refractivity contribution in [1.29, 1.82) is 0 Å². The molecule has 5 nitrogen and oxygen atoms in total. The normalized spacial score (nSPS) is 15.7. The molecule has 1 amide bonds. The van der Waals surface area contributed by atoms with Crippen LogP contribution in [0.4, 0.5) is 5.13 Å². The number of nitrogens with one attached hydrogen (secondary N) is 1. The van der Waals surface area contributed by atoms with E-state index in [9.17, 15) is 4.79 Å². The van der Waals surface area contributed by atoms with Gasteiger partial charge in [0, 0.05) is 5.56 Å². The van der Waals surface area contributed by atoms with Gasteiger partial charge < -0.3 is 0 Å². The molecule has 1 unspecified atom stereocenters. The van der Waals surface area contributed by atoms with Gasteiger partial charge in [0.15, 0.2) is 0 Å². The third-order valence-electron chi connectivity index (χ3n) is 4.55. The first-order valence-corrected chi connectivity index (χ1v) is 9.62. The van der Waals surface area contributed by atoms with Crippen molar-refractivity contribution in [3.8, 4) is 10.6 Å². The Morgan fingerprint density at radius 3 is 2.31 bits per heavy atom. The molecule has 1 aliphatic rings. The summed E-state index contributed by atoms with van der Waals surface area (Å²) in [6.45, 7) is 1.89. The van der Waals surface area contributed by atoms with E-state index in [1.807, 2.05) is 60.7 Å².